The Balaban J connectivity index is 1.63. The number of ether oxygens (including phenoxy) is 1. The maximum atomic E-state index is 13.5. The highest BCUT2D eigenvalue weighted by Crippen LogP contribution is 2.29. The highest BCUT2D eigenvalue weighted by atomic mass is 32.1. The minimum atomic E-state index is -0.404. The van der Waals surface area contributed by atoms with Crippen LogP contribution in [0, 0.1) is 5.82 Å². The van der Waals surface area contributed by atoms with Gasteiger partial charge in [0.15, 0.2) is 5.69 Å². The van der Waals surface area contributed by atoms with Crippen molar-refractivity contribution in [3.8, 4) is 0 Å². The summed E-state index contributed by atoms with van der Waals surface area (Å²) in [4.78, 5) is 27.7. The van der Waals surface area contributed by atoms with E-state index in [0.717, 1.165) is 17.3 Å². The summed E-state index contributed by atoms with van der Waals surface area (Å²) in [6.45, 7) is 3.07. The van der Waals surface area contributed by atoms with Crippen LogP contribution in [0.3, 0.4) is 0 Å². The van der Waals surface area contributed by atoms with Crippen molar-refractivity contribution < 1.29 is 13.9 Å². The molecule has 4 rings (SSSR count). The Kier molecular flexibility index (Phi) is 5.19. The zero-order chi connectivity index (χ0) is 19.7. The van der Waals surface area contributed by atoms with Crippen LogP contribution in [0.5, 0.6) is 0 Å². The Bertz CT molecular complexity index is 1010. The van der Waals surface area contributed by atoms with Crippen LogP contribution < -0.4 is 5.32 Å². The first-order chi connectivity index (χ1) is 13.6. The summed E-state index contributed by atoms with van der Waals surface area (Å²) in [6.07, 6.45) is 3.67. The van der Waals surface area contributed by atoms with Gasteiger partial charge in [0.1, 0.15) is 5.82 Å². The molecule has 2 atom stereocenters. The summed E-state index contributed by atoms with van der Waals surface area (Å²) in [5, 5.41) is 5.05. The van der Waals surface area contributed by atoms with Gasteiger partial charge in [-0.2, -0.15) is 0 Å². The first kappa shape index (κ1) is 18.7. The quantitative estimate of drug-likeness (QED) is 0.683. The molecule has 0 saturated carbocycles. The number of likely N-dealkylation sites (tertiary alicyclic amines) is 1. The van der Waals surface area contributed by atoms with E-state index in [-0.39, 0.29) is 18.0 Å². The lowest BCUT2D eigenvalue weighted by Crippen LogP contribution is -2.53. The number of rotatable bonds is 6. The summed E-state index contributed by atoms with van der Waals surface area (Å²) in [7, 11) is 1.63. The fourth-order valence-corrected chi connectivity index (χ4v) is 4.04. The van der Waals surface area contributed by atoms with Gasteiger partial charge in [-0.15, -0.1) is 11.3 Å². The van der Waals surface area contributed by atoms with Crippen LogP contribution in [0.4, 0.5) is 10.3 Å². The van der Waals surface area contributed by atoms with Crippen molar-refractivity contribution in [2.45, 2.75) is 25.4 Å². The number of carbonyl (C=O) groups is 1. The summed E-state index contributed by atoms with van der Waals surface area (Å²) >= 11 is 1.44. The number of amides is 1. The van der Waals surface area contributed by atoms with Crippen molar-refractivity contribution in [1.29, 1.82) is 0 Å². The third kappa shape index (κ3) is 3.55. The molecule has 3 aromatic rings. The molecule has 1 N–H and O–H groups in total. The predicted octanol–water partition coefficient (Wildman–Crippen LogP) is 3.26. The lowest BCUT2D eigenvalue weighted by atomic mass is 10.0. The number of thiophene rings is 1. The van der Waals surface area contributed by atoms with Crippen LogP contribution >= 0.6 is 11.3 Å². The molecule has 146 valence electrons. The number of methoxy groups -OCH3 is 1. The summed E-state index contributed by atoms with van der Waals surface area (Å²) in [6, 6.07) is 3.08. The van der Waals surface area contributed by atoms with E-state index in [0.29, 0.717) is 35.9 Å². The minimum absolute atomic E-state index is 0.0798. The fourth-order valence-electron chi connectivity index (χ4n) is 3.22. The molecule has 0 bridgehead atoms. The zero-order valence-electron chi connectivity index (χ0n) is 15.6. The van der Waals surface area contributed by atoms with E-state index < -0.39 is 5.82 Å². The van der Waals surface area contributed by atoms with Crippen molar-refractivity contribution in [1.82, 2.24) is 19.9 Å². The number of hydrogen-bond donors (Lipinski definition) is 1. The first-order valence-electron chi connectivity index (χ1n) is 8.99. The number of aromatic nitrogens is 3. The molecule has 3 aromatic heterocycles. The van der Waals surface area contributed by atoms with Gasteiger partial charge in [-0.3, -0.25) is 9.78 Å². The van der Waals surface area contributed by atoms with Crippen molar-refractivity contribution in [2.24, 2.45) is 0 Å². The molecule has 1 fully saturated rings. The van der Waals surface area contributed by atoms with E-state index in [1.807, 2.05) is 18.4 Å². The number of pyridine rings is 1. The number of nitrogens with zero attached hydrogens (tertiary/aromatic N) is 4. The summed E-state index contributed by atoms with van der Waals surface area (Å²) in [5.41, 5.74) is 1.76. The molecule has 0 aromatic carbocycles. The minimum Gasteiger partial charge on any atom is -0.383 e. The number of hydrogen-bond acceptors (Lipinski definition) is 7. The lowest BCUT2D eigenvalue weighted by Gasteiger charge is -2.40. The molecule has 0 aliphatic carbocycles. The highest BCUT2D eigenvalue weighted by Gasteiger charge is 2.34. The number of carbonyl (C=O) groups excluding carboxylic acids is 1. The second-order valence-electron chi connectivity index (χ2n) is 6.73. The van der Waals surface area contributed by atoms with Gasteiger partial charge in [-0.05, 0) is 36.4 Å². The summed E-state index contributed by atoms with van der Waals surface area (Å²) < 4.78 is 19.4. The van der Waals surface area contributed by atoms with E-state index in [4.69, 9.17) is 4.74 Å². The zero-order valence-corrected chi connectivity index (χ0v) is 16.4. The van der Waals surface area contributed by atoms with Crippen molar-refractivity contribution in [2.75, 3.05) is 25.6 Å². The molecule has 9 heteroatoms. The van der Waals surface area contributed by atoms with Crippen molar-refractivity contribution in [3.63, 3.8) is 0 Å². The average Bonchev–Trinajstić information content (AvgIpc) is 3.13. The smallest absolute Gasteiger partial charge is 0.274 e. The number of anilines is 1. The third-order valence-corrected chi connectivity index (χ3v) is 5.75. The van der Waals surface area contributed by atoms with Crippen LogP contribution in [-0.4, -0.2) is 52.1 Å². The Morgan fingerprint density at radius 2 is 2.32 bits per heavy atom. The Morgan fingerprint density at radius 3 is 3.04 bits per heavy atom. The first-order valence-corrected chi connectivity index (χ1v) is 9.87. The van der Waals surface area contributed by atoms with Crippen molar-refractivity contribution in [3.05, 3.63) is 47.0 Å². The molecular weight excluding hydrogens is 381 g/mol. The van der Waals surface area contributed by atoms with Crippen LogP contribution in [-0.2, 0) is 4.74 Å². The molecule has 1 aliphatic rings. The molecule has 7 nitrogen and oxygen atoms in total. The van der Waals surface area contributed by atoms with Crippen LogP contribution in [0.15, 0.2) is 29.9 Å². The topological polar surface area (TPSA) is 80.2 Å². The monoisotopic (exact) mass is 401 g/mol. The van der Waals surface area contributed by atoms with Crippen molar-refractivity contribution >= 4 is 33.4 Å². The van der Waals surface area contributed by atoms with Gasteiger partial charge >= 0.3 is 0 Å². The molecule has 1 aliphatic heterocycles. The maximum absolute atomic E-state index is 13.5. The second-order valence-corrected chi connectivity index (χ2v) is 7.65. The molecular formula is C19H20FN5O2S. The van der Waals surface area contributed by atoms with E-state index in [2.05, 4.69) is 20.3 Å². The Labute approximate surface area is 165 Å². The lowest BCUT2D eigenvalue weighted by molar-refractivity contribution is 0.0199. The summed E-state index contributed by atoms with van der Waals surface area (Å²) in [5.74, 6) is -0.195. The fraction of sp³-hybridized carbons (Fsp3) is 0.368. The molecule has 1 saturated heterocycles. The van der Waals surface area contributed by atoms with Crippen LogP contribution in [0.1, 0.15) is 35.4 Å². The standard InChI is InChI=1S/C19H20FN5O2S/c1-11(12-7-13(20)9-21-8-12)22-19-23-15-4-6-28-17(15)16(24-19)18(26)25-5-3-14(25)10-27-2/h4,6-9,11,14H,3,5,10H2,1-2H3,(H,22,23,24)/t11?,14-/m0/s1. The largest absolute Gasteiger partial charge is 0.383 e. The van der Waals surface area contributed by atoms with E-state index in [1.54, 1.807) is 18.2 Å². The van der Waals surface area contributed by atoms with Gasteiger partial charge in [-0.1, -0.05) is 0 Å². The predicted molar refractivity (Wildman–Crippen MR) is 105 cm³/mol. The highest BCUT2D eigenvalue weighted by molar-refractivity contribution is 7.17. The van der Waals surface area contributed by atoms with Gasteiger partial charge in [0.25, 0.3) is 5.91 Å². The molecule has 0 radical (unpaired) electrons. The maximum Gasteiger partial charge on any atom is 0.274 e. The molecule has 1 unspecified atom stereocenters. The van der Waals surface area contributed by atoms with E-state index in [9.17, 15) is 9.18 Å². The number of nitrogens with one attached hydrogen (secondary N) is 1. The van der Waals surface area contributed by atoms with Gasteiger partial charge in [-0.25, -0.2) is 14.4 Å². The van der Waals surface area contributed by atoms with Gasteiger partial charge in [0, 0.05) is 19.9 Å². The van der Waals surface area contributed by atoms with Gasteiger partial charge in [0.05, 0.1) is 35.1 Å². The molecule has 1 amide bonds. The van der Waals surface area contributed by atoms with Crippen LogP contribution in [0.25, 0.3) is 10.2 Å². The number of fused-ring (bicyclic) bond motifs is 1. The van der Waals surface area contributed by atoms with Gasteiger partial charge < -0.3 is 15.0 Å². The Morgan fingerprint density at radius 1 is 1.46 bits per heavy atom. The average molecular weight is 401 g/mol. The molecule has 0 spiro atoms. The van der Waals surface area contributed by atoms with E-state index in [1.165, 1.54) is 17.4 Å². The Hall–Kier alpha value is -2.65. The van der Waals surface area contributed by atoms with E-state index >= 15 is 0 Å². The van der Waals surface area contributed by atoms with Crippen LogP contribution in [0.2, 0.25) is 0 Å². The van der Waals surface area contributed by atoms with Gasteiger partial charge in [0.2, 0.25) is 5.95 Å². The SMILES string of the molecule is COC[C@@H]1CCN1C(=O)c1nc(NC(C)c2cncc(F)c2)nc2ccsc12. The molecule has 4 heterocycles. The third-order valence-electron chi connectivity index (χ3n) is 4.84. The normalized spacial score (nSPS) is 17.4. The molecule has 28 heavy (non-hydrogen) atoms. The number of halogens is 1. The second kappa shape index (κ2) is 7.76.